The van der Waals surface area contributed by atoms with Gasteiger partial charge in [0.25, 0.3) is 0 Å². The highest BCUT2D eigenvalue weighted by atomic mass is 35.5. The van der Waals surface area contributed by atoms with Gasteiger partial charge in [0, 0.05) is 30.0 Å². The second-order valence-corrected chi connectivity index (χ2v) is 4.76. The highest BCUT2D eigenvalue weighted by molar-refractivity contribution is 5.93. The smallest absolute Gasteiger partial charge is 0.227 e. The van der Waals surface area contributed by atoms with Crippen LogP contribution in [0, 0.1) is 12.8 Å². The van der Waals surface area contributed by atoms with Crippen LogP contribution in [-0.2, 0) is 4.79 Å². The third-order valence-corrected chi connectivity index (χ3v) is 3.27. The number of hydrogen-bond acceptors (Lipinski definition) is 3. The molecule has 0 bridgehead atoms. The van der Waals surface area contributed by atoms with E-state index in [-0.39, 0.29) is 36.6 Å². The van der Waals surface area contributed by atoms with Crippen LogP contribution in [0.2, 0.25) is 0 Å². The van der Waals surface area contributed by atoms with Gasteiger partial charge in [-0.15, -0.1) is 24.8 Å². The number of aromatic nitrogens is 1. The van der Waals surface area contributed by atoms with Crippen LogP contribution >= 0.6 is 24.8 Å². The Balaban J connectivity index is 0.00000162. The van der Waals surface area contributed by atoms with Crippen molar-refractivity contribution >= 4 is 36.4 Å². The molecule has 6 heteroatoms. The average molecular weight is 306 g/mol. The molecule has 2 atom stereocenters. The molecule has 2 N–H and O–H groups in total. The highest BCUT2D eigenvalue weighted by Gasteiger charge is 2.24. The normalized spacial score (nSPS) is 21.8. The number of carbonyl (C=O) groups is 1. The molecule has 0 spiro atoms. The van der Waals surface area contributed by atoms with Crippen LogP contribution in [0.3, 0.4) is 0 Å². The Hall–Kier alpha value is -0.840. The number of rotatable bonds is 2. The maximum atomic E-state index is 12.1. The summed E-state index contributed by atoms with van der Waals surface area (Å²) in [6, 6.07) is 2.27. The lowest BCUT2D eigenvalue weighted by Gasteiger charge is -2.27. The molecule has 2 heterocycles. The summed E-state index contributed by atoms with van der Waals surface area (Å²) in [6.45, 7) is 5.00. The van der Waals surface area contributed by atoms with Crippen LogP contribution in [0.15, 0.2) is 18.5 Å². The van der Waals surface area contributed by atoms with E-state index in [0.717, 1.165) is 30.6 Å². The summed E-state index contributed by atoms with van der Waals surface area (Å²) in [5, 5.41) is 6.35. The van der Waals surface area contributed by atoms with Crippen LogP contribution < -0.4 is 10.6 Å². The lowest BCUT2D eigenvalue weighted by atomic mass is 9.92. The zero-order chi connectivity index (χ0) is 12.3. The zero-order valence-corrected chi connectivity index (χ0v) is 12.8. The topological polar surface area (TPSA) is 54.0 Å². The van der Waals surface area contributed by atoms with Gasteiger partial charge in [-0.1, -0.05) is 0 Å². The number of anilines is 1. The van der Waals surface area contributed by atoms with Gasteiger partial charge in [-0.3, -0.25) is 9.78 Å². The lowest BCUT2D eigenvalue weighted by Crippen LogP contribution is -2.40. The van der Waals surface area contributed by atoms with Gasteiger partial charge in [0.05, 0.1) is 0 Å². The molecular weight excluding hydrogens is 285 g/mol. The summed E-state index contributed by atoms with van der Waals surface area (Å²) in [4.78, 5) is 16.1. The van der Waals surface area contributed by atoms with Gasteiger partial charge >= 0.3 is 0 Å². The largest absolute Gasteiger partial charge is 0.325 e. The third kappa shape index (κ3) is 4.97. The predicted octanol–water partition coefficient (Wildman–Crippen LogP) is 2.56. The third-order valence-electron chi connectivity index (χ3n) is 3.27. The van der Waals surface area contributed by atoms with Gasteiger partial charge in [-0.25, -0.2) is 0 Å². The first-order valence-corrected chi connectivity index (χ1v) is 6.11. The number of halogens is 2. The molecule has 0 saturated carbocycles. The number of nitrogens with one attached hydrogen (secondary N) is 2. The minimum atomic E-state index is 0. The Morgan fingerprint density at radius 3 is 2.84 bits per heavy atom. The van der Waals surface area contributed by atoms with Gasteiger partial charge in [-0.05, 0) is 44.9 Å². The summed E-state index contributed by atoms with van der Waals surface area (Å²) >= 11 is 0. The first-order valence-electron chi connectivity index (χ1n) is 6.11. The minimum Gasteiger partial charge on any atom is -0.325 e. The molecule has 1 aliphatic rings. The molecule has 0 aliphatic carbocycles. The average Bonchev–Trinajstić information content (AvgIpc) is 2.32. The standard InChI is InChI=1S/C13H19N3O.2ClH/c1-9-8-14-5-4-12(9)16-13(17)11-3-6-15-10(2)7-11;;/h4-5,8,10-11,15H,3,6-7H2,1-2H3,(H,14,16,17);2*1H/t10-,11-;;/m0../s1. The van der Waals surface area contributed by atoms with Crippen molar-refractivity contribution < 1.29 is 4.79 Å². The van der Waals surface area contributed by atoms with Gasteiger partial charge in [0.1, 0.15) is 0 Å². The van der Waals surface area contributed by atoms with Crippen molar-refractivity contribution in [3.8, 4) is 0 Å². The van der Waals surface area contributed by atoms with E-state index in [0.29, 0.717) is 6.04 Å². The fourth-order valence-electron chi connectivity index (χ4n) is 2.22. The number of carbonyl (C=O) groups excluding carboxylic acids is 1. The van der Waals surface area contributed by atoms with Gasteiger partial charge in [0.2, 0.25) is 5.91 Å². The van der Waals surface area contributed by atoms with Crippen molar-refractivity contribution in [3.05, 3.63) is 24.0 Å². The van der Waals surface area contributed by atoms with Crippen LogP contribution in [-0.4, -0.2) is 23.5 Å². The monoisotopic (exact) mass is 305 g/mol. The summed E-state index contributed by atoms with van der Waals surface area (Å²) in [7, 11) is 0. The van der Waals surface area contributed by atoms with Crippen LogP contribution in [0.25, 0.3) is 0 Å². The number of piperidine rings is 1. The van der Waals surface area contributed by atoms with Crippen LogP contribution in [0.1, 0.15) is 25.3 Å². The SMILES string of the molecule is Cc1cnccc1NC(=O)[C@H]1CCN[C@@H](C)C1.Cl.Cl. The summed E-state index contributed by atoms with van der Waals surface area (Å²) in [6.07, 6.45) is 5.30. The first kappa shape index (κ1) is 18.2. The van der Waals surface area contributed by atoms with Gasteiger partial charge in [-0.2, -0.15) is 0 Å². The van der Waals surface area contributed by atoms with Crippen LogP contribution in [0.4, 0.5) is 5.69 Å². The molecule has 0 unspecified atom stereocenters. The maximum Gasteiger partial charge on any atom is 0.227 e. The summed E-state index contributed by atoms with van der Waals surface area (Å²) < 4.78 is 0. The molecule has 1 saturated heterocycles. The second-order valence-electron chi connectivity index (χ2n) is 4.76. The highest BCUT2D eigenvalue weighted by Crippen LogP contribution is 2.19. The Kier molecular flexibility index (Phi) is 7.99. The molecule has 0 radical (unpaired) electrons. The van der Waals surface area contributed by atoms with E-state index in [4.69, 9.17) is 0 Å². The second kappa shape index (κ2) is 8.35. The van der Waals surface area contributed by atoms with E-state index in [2.05, 4.69) is 22.5 Å². The number of nitrogens with zero attached hydrogens (tertiary/aromatic N) is 1. The lowest BCUT2D eigenvalue weighted by molar-refractivity contribution is -0.120. The Morgan fingerprint density at radius 2 is 2.21 bits per heavy atom. The van der Waals surface area contributed by atoms with E-state index in [1.54, 1.807) is 12.4 Å². The quantitative estimate of drug-likeness (QED) is 0.883. The van der Waals surface area contributed by atoms with Crippen molar-refractivity contribution in [1.82, 2.24) is 10.3 Å². The van der Waals surface area contributed by atoms with Crippen molar-refractivity contribution in [2.75, 3.05) is 11.9 Å². The fourth-order valence-corrected chi connectivity index (χ4v) is 2.22. The van der Waals surface area contributed by atoms with Crippen molar-refractivity contribution in [2.45, 2.75) is 32.7 Å². The molecule has 1 aliphatic heterocycles. The van der Waals surface area contributed by atoms with Gasteiger partial charge < -0.3 is 10.6 Å². The molecule has 1 amide bonds. The number of aryl methyl sites for hydroxylation is 1. The molecule has 4 nitrogen and oxygen atoms in total. The Labute approximate surface area is 126 Å². The van der Waals surface area contributed by atoms with E-state index in [9.17, 15) is 4.79 Å². The molecule has 1 fully saturated rings. The molecular formula is C13H21Cl2N3O. The number of hydrogen-bond donors (Lipinski definition) is 2. The van der Waals surface area contributed by atoms with Crippen molar-refractivity contribution in [2.24, 2.45) is 5.92 Å². The molecule has 19 heavy (non-hydrogen) atoms. The molecule has 1 aromatic heterocycles. The van der Waals surface area contributed by atoms with Gasteiger partial charge in [0.15, 0.2) is 0 Å². The Morgan fingerprint density at radius 1 is 1.47 bits per heavy atom. The molecule has 2 rings (SSSR count). The first-order chi connectivity index (χ1) is 8.16. The molecule has 0 aromatic carbocycles. The zero-order valence-electron chi connectivity index (χ0n) is 11.2. The van der Waals surface area contributed by atoms with E-state index < -0.39 is 0 Å². The summed E-state index contributed by atoms with van der Waals surface area (Å²) in [5.41, 5.74) is 1.87. The maximum absolute atomic E-state index is 12.1. The Bertz CT molecular complexity index is 415. The van der Waals surface area contributed by atoms with Crippen molar-refractivity contribution in [3.63, 3.8) is 0 Å². The minimum absolute atomic E-state index is 0. The molecule has 1 aromatic rings. The number of amides is 1. The van der Waals surface area contributed by atoms with Crippen LogP contribution in [0.5, 0.6) is 0 Å². The van der Waals surface area contributed by atoms with Crippen molar-refractivity contribution in [1.29, 1.82) is 0 Å². The van der Waals surface area contributed by atoms with E-state index in [1.165, 1.54) is 0 Å². The molecule has 108 valence electrons. The van der Waals surface area contributed by atoms with E-state index in [1.807, 2.05) is 13.0 Å². The predicted molar refractivity (Wildman–Crippen MR) is 82.3 cm³/mol. The fraction of sp³-hybridized carbons (Fsp3) is 0.538. The number of pyridine rings is 1. The van der Waals surface area contributed by atoms with E-state index >= 15 is 0 Å². The summed E-state index contributed by atoms with van der Waals surface area (Å²) in [5.74, 6) is 0.256.